The lowest BCUT2D eigenvalue weighted by Gasteiger charge is -2.34. The van der Waals surface area contributed by atoms with Gasteiger partial charge in [-0.3, -0.25) is 0 Å². The van der Waals surface area contributed by atoms with Crippen molar-refractivity contribution in [2.75, 3.05) is 70.7 Å². The number of nitrogens with zero attached hydrogens (tertiary/aromatic N) is 7. The molecular weight excluding hydrogens is 468 g/mol. The van der Waals surface area contributed by atoms with Crippen molar-refractivity contribution in [3.8, 4) is 29.0 Å². The summed E-state index contributed by atoms with van der Waals surface area (Å²) in [5, 5.41) is 12.9. The number of ether oxygens (including phenoxy) is 2. The third-order valence-corrected chi connectivity index (χ3v) is 6.81. The van der Waals surface area contributed by atoms with Crippen LogP contribution in [0, 0.1) is 11.3 Å². The Morgan fingerprint density at radius 3 is 2.57 bits per heavy atom. The minimum atomic E-state index is 0.102. The molecule has 1 unspecified atom stereocenters. The Bertz CT molecular complexity index is 1290. The van der Waals surface area contributed by atoms with Crippen LogP contribution in [0.5, 0.6) is 11.6 Å². The van der Waals surface area contributed by atoms with Crippen molar-refractivity contribution in [1.82, 2.24) is 24.8 Å². The predicted molar refractivity (Wildman–Crippen MR) is 142 cm³/mol. The number of piperazine rings is 1. The third kappa shape index (κ3) is 5.74. The van der Waals surface area contributed by atoms with E-state index >= 15 is 0 Å². The van der Waals surface area contributed by atoms with Crippen molar-refractivity contribution in [2.45, 2.75) is 12.5 Å². The van der Waals surface area contributed by atoms with Crippen LogP contribution in [0.25, 0.3) is 11.3 Å². The molecule has 10 heteroatoms. The first-order chi connectivity index (χ1) is 18.0. The van der Waals surface area contributed by atoms with E-state index in [1.807, 2.05) is 36.4 Å². The smallest absolute Gasteiger partial charge is 0.239 e. The Labute approximate surface area is 217 Å². The van der Waals surface area contributed by atoms with Crippen LogP contribution in [-0.4, -0.2) is 91.3 Å². The molecule has 192 valence electrons. The first-order valence-corrected chi connectivity index (χ1v) is 12.5. The number of aromatic nitrogens is 3. The Hall–Kier alpha value is -3.94. The average molecular weight is 501 g/mol. The molecule has 2 aliphatic heterocycles. The van der Waals surface area contributed by atoms with Crippen LogP contribution in [0.15, 0.2) is 42.6 Å². The molecule has 0 aliphatic carbocycles. The highest BCUT2D eigenvalue weighted by Gasteiger charge is 2.22. The number of nitriles is 1. The molecule has 1 N–H and O–H groups in total. The lowest BCUT2D eigenvalue weighted by atomic mass is 10.1. The normalized spacial score (nSPS) is 18.4. The van der Waals surface area contributed by atoms with Gasteiger partial charge in [0.1, 0.15) is 29.4 Å². The molecule has 0 radical (unpaired) electrons. The zero-order chi connectivity index (χ0) is 25.8. The minimum absolute atomic E-state index is 0.102. The van der Waals surface area contributed by atoms with Crippen molar-refractivity contribution in [3.05, 3.63) is 48.2 Å². The molecule has 0 amide bonds. The number of likely N-dealkylation sites (N-methyl/N-ethyl adjacent to an activating group) is 2. The van der Waals surface area contributed by atoms with E-state index in [0.29, 0.717) is 34.7 Å². The van der Waals surface area contributed by atoms with Crippen molar-refractivity contribution >= 4 is 17.5 Å². The van der Waals surface area contributed by atoms with Gasteiger partial charge in [0, 0.05) is 51.0 Å². The van der Waals surface area contributed by atoms with E-state index in [2.05, 4.69) is 55.1 Å². The maximum Gasteiger partial charge on any atom is 0.239 e. The Kier molecular flexibility index (Phi) is 7.35. The minimum Gasteiger partial charge on any atom is -0.488 e. The van der Waals surface area contributed by atoms with Crippen molar-refractivity contribution in [1.29, 1.82) is 5.26 Å². The molecule has 2 fully saturated rings. The molecule has 0 bridgehead atoms. The number of rotatable bonds is 7. The van der Waals surface area contributed by atoms with E-state index in [-0.39, 0.29) is 6.10 Å². The summed E-state index contributed by atoms with van der Waals surface area (Å²) >= 11 is 0. The zero-order valence-electron chi connectivity index (χ0n) is 21.5. The standard InChI is InChI=1S/C27H32N8O2/c1-33-12-14-35(15-13-33)23-5-7-25(31-26(23)36-3)32-27-29-10-8-22(30-27)19-4-6-24(20(16-19)17-28)37-21-9-11-34(2)18-21/h4-8,10,16,21H,9,11-15,18H2,1-3H3,(H,29,30,31,32). The van der Waals surface area contributed by atoms with Crippen LogP contribution in [0.3, 0.4) is 0 Å². The van der Waals surface area contributed by atoms with Crippen LogP contribution in [0.2, 0.25) is 0 Å². The Morgan fingerprint density at radius 2 is 1.84 bits per heavy atom. The van der Waals surface area contributed by atoms with E-state index in [1.165, 1.54) is 0 Å². The monoisotopic (exact) mass is 500 g/mol. The third-order valence-electron chi connectivity index (χ3n) is 6.81. The first kappa shape index (κ1) is 24.7. The van der Waals surface area contributed by atoms with Crippen molar-refractivity contribution in [3.63, 3.8) is 0 Å². The quantitative estimate of drug-likeness (QED) is 0.521. The van der Waals surface area contributed by atoms with Crippen LogP contribution >= 0.6 is 0 Å². The highest BCUT2D eigenvalue weighted by atomic mass is 16.5. The summed E-state index contributed by atoms with van der Waals surface area (Å²) in [6.45, 7) is 5.73. The molecule has 2 aromatic heterocycles. The highest BCUT2D eigenvalue weighted by Crippen LogP contribution is 2.30. The van der Waals surface area contributed by atoms with Gasteiger partial charge in [0.25, 0.3) is 0 Å². The molecular formula is C27H32N8O2. The van der Waals surface area contributed by atoms with E-state index < -0.39 is 0 Å². The van der Waals surface area contributed by atoms with Gasteiger partial charge in [0.15, 0.2) is 0 Å². The van der Waals surface area contributed by atoms with Crippen LogP contribution in [0.4, 0.5) is 17.5 Å². The second kappa shape index (κ2) is 11.0. The summed E-state index contributed by atoms with van der Waals surface area (Å²) < 4.78 is 11.7. The molecule has 1 aromatic carbocycles. The molecule has 1 atom stereocenters. The fraction of sp³-hybridized carbons (Fsp3) is 0.407. The van der Waals surface area contributed by atoms with Gasteiger partial charge in [-0.25, -0.2) is 9.97 Å². The molecule has 0 saturated carbocycles. The van der Waals surface area contributed by atoms with E-state index in [4.69, 9.17) is 9.47 Å². The summed E-state index contributed by atoms with van der Waals surface area (Å²) in [7, 11) is 5.84. The van der Waals surface area contributed by atoms with Gasteiger partial charge in [-0.2, -0.15) is 10.2 Å². The highest BCUT2D eigenvalue weighted by molar-refractivity contribution is 5.66. The molecule has 2 saturated heterocycles. The topological polar surface area (TPSA) is 103 Å². The number of hydrogen-bond donors (Lipinski definition) is 1. The fourth-order valence-corrected chi connectivity index (χ4v) is 4.68. The molecule has 3 aromatic rings. The molecule has 0 spiro atoms. The van der Waals surface area contributed by atoms with Crippen LogP contribution in [-0.2, 0) is 0 Å². The van der Waals surface area contributed by atoms with E-state index in [9.17, 15) is 5.26 Å². The number of likely N-dealkylation sites (tertiary alicyclic amines) is 1. The van der Waals surface area contributed by atoms with Crippen molar-refractivity contribution in [2.24, 2.45) is 0 Å². The number of pyridine rings is 1. The van der Waals surface area contributed by atoms with Crippen LogP contribution in [0.1, 0.15) is 12.0 Å². The maximum atomic E-state index is 9.73. The van der Waals surface area contributed by atoms with E-state index in [0.717, 1.165) is 56.9 Å². The summed E-state index contributed by atoms with van der Waals surface area (Å²) in [5.41, 5.74) is 2.98. The zero-order valence-corrected chi connectivity index (χ0v) is 21.5. The van der Waals surface area contributed by atoms with Gasteiger partial charge in [0.2, 0.25) is 11.8 Å². The number of methoxy groups -OCH3 is 1. The summed E-state index contributed by atoms with van der Waals surface area (Å²) in [5.74, 6) is 2.17. The second-order valence-electron chi connectivity index (χ2n) is 9.52. The second-order valence-corrected chi connectivity index (χ2v) is 9.52. The lowest BCUT2D eigenvalue weighted by molar-refractivity contribution is 0.207. The summed E-state index contributed by atoms with van der Waals surface area (Å²) in [6.07, 6.45) is 2.75. The molecule has 2 aliphatic rings. The van der Waals surface area contributed by atoms with Gasteiger partial charge < -0.3 is 29.5 Å². The maximum absolute atomic E-state index is 9.73. The fourth-order valence-electron chi connectivity index (χ4n) is 4.68. The van der Waals surface area contributed by atoms with Gasteiger partial charge >= 0.3 is 0 Å². The summed E-state index contributed by atoms with van der Waals surface area (Å²) in [6, 6.07) is 13.6. The molecule has 37 heavy (non-hydrogen) atoms. The number of hydrogen-bond acceptors (Lipinski definition) is 10. The van der Waals surface area contributed by atoms with E-state index in [1.54, 1.807) is 13.3 Å². The number of nitrogens with one attached hydrogen (secondary N) is 1. The lowest BCUT2D eigenvalue weighted by Crippen LogP contribution is -2.44. The summed E-state index contributed by atoms with van der Waals surface area (Å²) in [4.78, 5) is 20.5. The van der Waals surface area contributed by atoms with Gasteiger partial charge in [-0.1, -0.05) is 0 Å². The number of anilines is 3. The van der Waals surface area contributed by atoms with Gasteiger partial charge in [-0.05, 0) is 56.9 Å². The first-order valence-electron chi connectivity index (χ1n) is 12.5. The molecule has 4 heterocycles. The molecule has 10 nitrogen and oxygen atoms in total. The van der Waals surface area contributed by atoms with Gasteiger partial charge in [0.05, 0.1) is 18.4 Å². The predicted octanol–water partition coefficient (Wildman–Crippen LogP) is 3.00. The van der Waals surface area contributed by atoms with Crippen LogP contribution < -0.4 is 19.7 Å². The Balaban J connectivity index is 1.32. The molecule has 5 rings (SSSR count). The largest absolute Gasteiger partial charge is 0.488 e. The average Bonchev–Trinajstić information content (AvgIpc) is 3.34. The van der Waals surface area contributed by atoms with Gasteiger partial charge in [-0.15, -0.1) is 0 Å². The SMILES string of the molecule is COc1nc(Nc2nccc(-c3ccc(OC4CCN(C)C4)c(C#N)c3)n2)ccc1N1CCN(C)CC1. The van der Waals surface area contributed by atoms with Crippen molar-refractivity contribution < 1.29 is 9.47 Å². The number of benzene rings is 1. The Morgan fingerprint density at radius 1 is 1.00 bits per heavy atom.